The summed E-state index contributed by atoms with van der Waals surface area (Å²) in [4.78, 5) is 16.2. The highest BCUT2D eigenvalue weighted by Crippen LogP contribution is 2.28. The number of hydrogen-bond acceptors (Lipinski definition) is 5. The number of hydrogen-bond donors (Lipinski definition) is 0. The maximum Gasteiger partial charge on any atom is 0.240 e. The summed E-state index contributed by atoms with van der Waals surface area (Å²) in [7, 11) is -1.85. The van der Waals surface area contributed by atoms with E-state index in [0.717, 1.165) is 11.4 Å². The molecule has 1 aromatic carbocycles. The third-order valence-electron chi connectivity index (χ3n) is 4.25. The van der Waals surface area contributed by atoms with E-state index < -0.39 is 15.1 Å². The van der Waals surface area contributed by atoms with Crippen molar-refractivity contribution in [1.82, 2.24) is 4.90 Å². The van der Waals surface area contributed by atoms with Gasteiger partial charge >= 0.3 is 0 Å². The van der Waals surface area contributed by atoms with Gasteiger partial charge in [-0.1, -0.05) is 18.2 Å². The van der Waals surface area contributed by atoms with Gasteiger partial charge in [0, 0.05) is 26.2 Å². The van der Waals surface area contributed by atoms with Gasteiger partial charge in [-0.3, -0.25) is 4.79 Å². The van der Waals surface area contributed by atoms with E-state index in [1.165, 1.54) is 13.0 Å². The van der Waals surface area contributed by atoms with Crippen LogP contribution >= 0.6 is 0 Å². The van der Waals surface area contributed by atoms with Crippen LogP contribution in [-0.4, -0.2) is 63.5 Å². The first-order chi connectivity index (χ1) is 11.4. The minimum atomic E-state index is -3.48. The Balaban J connectivity index is 2.02. The van der Waals surface area contributed by atoms with Crippen molar-refractivity contribution in [3.05, 3.63) is 36.9 Å². The van der Waals surface area contributed by atoms with Crippen molar-refractivity contribution in [2.24, 2.45) is 0 Å². The van der Waals surface area contributed by atoms with Crippen LogP contribution in [0.1, 0.15) is 6.92 Å². The third-order valence-corrected chi connectivity index (χ3v) is 6.23. The Labute approximate surface area is 143 Å². The van der Waals surface area contributed by atoms with Crippen LogP contribution < -0.4 is 9.64 Å². The van der Waals surface area contributed by atoms with Gasteiger partial charge in [0.1, 0.15) is 11.0 Å². The summed E-state index contributed by atoms with van der Waals surface area (Å²) in [6.07, 6.45) is 1.32. The molecule has 132 valence electrons. The lowest BCUT2D eigenvalue weighted by Gasteiger charge is -2.37. The summed E-state index contributed by atoms with van der Waals surface area (Å²) >= 11 is 0. The molecule has 1 fully saturated rings. The van der Waals surface area contributed by atoms with Gasteiger partial charge in [0.25, 0.3) is 0 Å². The predicted molar refractivity (Wildman–Crippen MR) is 95.2 cm³/mol. The molecule has 24 heavy (non-hydrogen) atoms. The second-order valence-corrected chi connectivity index (χ2v) is 8.11. The molecule has 0 bridgehead atoms. The minimum Gasteiger partial charge on any atom is -0.495 e. The number of amides is 1. The summed E-state index contributed by atoms with van der Waals surface area (Å²) < 4.78 is 29.4. The molecule has 1 amide bonds. The highest BCUT2D eigenvalue weighted by Gasteiger charge is 2.32. The number of methoxy groups -OCH3 is 1. The smallest absolute Gasteiger partial charge is 0.240 e. The van der Waals surface area contributed by atoms with Crippen LogP contribution in [-0.2, 0) is 14.6 Å². The Morgan fingerprint density at radius 3 is 2.50 bits per heavy atom. The molecule has 1 heterocycles. The maximum atomic E-state index is 12.5. The highest BCUT2D eigenvalue weighted by atomic mass is 32.2. The number of piperazine rings is 1. The zero-order valence-corrected chi connectivity index (χ0v) is 15.0. The molecule has 1 saturated heterocycles. The fourth-order valence-electron chi connectivity index (χ4n) is 2.78. The first-order valence-corrected chi connectivity index (χ1v) is 9.61. The number of nitrogens with zero attached hydrogens (tertiary/aromatic N) is 2. The molecule has 1 atom stereocenters. The number of benzene rings is 1. The molecule has 0 radical (unpaired) electrons. The summed E-state index contributed by atoms with van der Waals surface area (Å²) in [5, 5.41) is -1.03. The molecule has 1 aromatic rings. The first kappa shape index (κ1) is 18.3. The lowest BCUT2D eigenvalue weighted by atomic mass is 10.2. The number of rotatable bonds is 6. The Hall–Kier alpha value is -2.02. The highest BCUT2D eigenvalue weighted by molar-refractivity contribution is 7.92. The molecule has 2 rings (SSSR count). The van der Waals surface area contributed by atoms with Crippen LogP contribution in [0, 0.1) is 0 Å². The van der Waals surface area contributed by atoms with Crippen LogP contribution in [0.4, 0.5) is 5.69 Å². The zero-order valence-electron chi connectivity index (χ0n) is 14.1. The summed E-state index contributed by atoms with van der Waals surface area (Å²) in [5.41, 5.74) is 0.986. The van der Waals surface area contributed by atoms with Gasteiger partial charge < -0.3 is 14.5 Å². The molecular formula is C17H24N2O4S. The van der Waals surface area contributed by atoms with Crippen LogP contribution in [0.3, 0.4) is 0 Å². The van der Waals surface area contributed by atoms with Crippen molar-refractivity contribution in [3.8, 4) is 5.75 Å². The average Bonchev–Trinajstić information content (AvgIpc) is 2.60. The number of para-hydroxylation sites is 2. The van der Waals surface area contributed by atoms with Gasteiger partial charge in [0.15, 0.2) is 9.84 Å². The number of ether oxygens (including phenoxy) is 1. The molecule has 1 aliphatic rings. The SMILES string of the molecule is C=CCS(=O)(=O)C(C)C(=O)N1CCN(c2ccccc2OC)CC1. The lowest BCUT2D eigenvalue weighted by Crippen LogP contribution is -2.52. The fourth-order valence-corrected chi connectivity index (χ4v) is 3.85. The van der Waals surface area contributed by atoms with Gasteiger partial charge in [0.05, 0.1) is 18.6 Å². The standard InChI is InChI=1S/C17H24N2O4S/c1-4-13-24(21,22)14(2)17(20)19-11-9-18(10-12-19)15-7-5-6-8-16(15)23-3/h4-8,14H,1,9-13H2,2-3H3. The Bertz CT molecular complexity index is 694. The molecule has 6 nitrogen and oxygen atoms in total. The van der Waals surface area contributed by atoms with E-state index in [1.54, 1.807) is 12.0 Å². The molecule has 0 saturated carbocycles. The van der Waals surface area contributed by atoms with E-state index in [-0.39, 0.29) is 11.7 Å². The molecule has 1 unspecified atom stereocenters. The normalized spacial score (nSPS) is 16.6. The van der Waals surface area contributed by atoms with Crippen molar-refractivity contribution >= 4 is 21.4 Å². The summed E-state index contributed by atoms with van der Waals surface area (Å²) in [6.45, 7) is 7.15. The third kappa shape index (κ3) is 3.90. The van der Waals surface area contributed by atoms with Gasteiger partial charge in [-0.2, -0.15) is 0 Å². The van der Waals surface area contributed by atoms with Crippen molar-refractivity contribution in [2.45, 2.75) is 12.2 Å². The minimum absolute atomic E-state index is 0.179. The Kier molecular flexibility index (Phi) is 5.88. The van der Waals surface area contributed by atoms with Crippen molar-refractivity contribution in [1.29, 1.82) is 0 Å². The van der Waals surface area contributed by atoms with Crippen LogP contribution in [0.15, 0.2) is 36.9 Å². The van der Waals surface area contributed by atoms with Crippen LogP contribution in [0.25, 0.3) is 0 Å². The van der Waals surface area contributed by atoms with Gasteiger partial charge in [-0.25, -0.2) is 8.42 Å². The van der Waals surface area contributed by atoms with E-state index in [0.29, 0.717) is 26.2 Å². The molecule has 1 aliphatic heterocycles. The second-order valence-electron chi connectivity index (χ2n) is 5.74. The average molecular weight is 352 g/mol. The molecule has 0 aromatic heterocycles. The van der Waals surface area contributed by atoms with Crippen LogP contribution in [0.2, 0.25) is 0 Å². The van der Waals surface area contributed by atoms with E-state index in [1.807, 2.05) is 24.3 Å². The maximum absolute atomic E-state index is 12.5. The topological polar surface area (TPSA) is 66.9 Å². The van der Waals surface area contributed by atoms with Gasteiger partial charge in [0.2, 0.25) is 5.91 Å². The van der Waals surface area contributed by atoms with Crippen molar-refractivity contribution in [2.75, 3.05) is 43.9 Å². The summed E-state index contributed by atoms with van der Waals surface area (Å²) in [5.74, 6) is 0.275. The molecule has 7 heteroatoms. The quantitative estimate of drug-likeness (QED) is 0.723. The van der Waals surface area contributed by atoms with Crippen molar-refractivity contribution < 1.29 is 17.9 Å². The number of carbonyl (C=O) groups is 1. The first-order valence-electron chi connectivity index (χ1n) is 7.90. The Morgan fingerprint density at radius 1 is 1.29 bits per heavy atom. The zero-order chi connectivity index (χ0) is 17.7. The number of anilines is 1. The van der Waals surface area contributed by atoms with Gasteiger partial charge in [-0.05, 0) is 19.1 Å². The van der Waals surface area contributed by atoms with Gasteiger partial charge in [-0.15, -0.1) is 6.58 Å². The molecule has 0 aliphatic carbocycles. The fraction of sp³-hybridized carbons (Fsp3) is 0.471. The number of carbonyl (C=O) groups excluding carboxylic acids is 1. The van der Waals surface area contributed by atoms with E-state index in [9.17, 15) is 13.2 Å². The summed E-state index contributed by atoms with van der Waals surface area (Å²) in [6, 6.07) is 7.73. The van der Waals surface area contributed by atoms with E-state index in [4.69, 9.17) is 4.74 Å². The van der Waals surface area contributed by atoms with Crippen molar-refractivity contribution in [3.63, 3.8) is 0 Å². The van der Waals surface area contributed by atoms with E-state index >= 15 is 0 Å². The molecule has 0 spiro atoms. The Morgan fingerprint density at radius 2 is 1.92 bits per heavy atom. The molecule has 0 N–H and O–H groups in total. The number of sulfone groups is 1. The molecular weight excluding hydrogens is 328 g/mol. The largest absolute Gasteiger partial charge is 0.495 e. The second kappa shape index (κ2) is 7.70. The van der Waals surface area contributed by atoms with E-state index in [2.05, 4.69) is 11.5 Å². The van der Waals surface area contributed by atoms with Crippen LogP contribution in [0.5, 0.6) is 5.75 Å². The monoisotopic (exact) mass is 352 g/mol. The predicted octanol–water partition coefficient (Wildman–Crippen LogP) is 1.33. The lowest BCUT2D eigenvalue weighted by molar-refractivity contribution is -0.130.